The maximum Gasteiger partial charge on any atom is 0.257 e. The summed E-state index contributed by atoms with van der Waals surface area (Å²) in [5.41, 5.74) is 1.65. The summed E-state index contributed by atoms with van der Waals surface area (Å²) in [6, 6.07) is 17.0. The van der Waals surface area contributed by atoms with E-state index in [0.29, 0.717) is 22.8 Å². The van der Waals surface area contributed by atoms with Gasteiger partial charge < -0.3 is 18.7 Å². The van der Waals surface area contributed by atoms with Crippen molar-refractivity contribution in [2.75, 3.05) is 7.11 Å². The third-order valence-corrected chi connectivity index (χ3v) is 5.22. The molecule has 3 aromatic carbocycles. The van der Waals surface area contributed by atoms with Gasteiger partial charge in [0.15, 0.2) is 23.9 Å². The third kappa shape index (κ3) is 5.31. The van der Waals surface area contributed by atoms with Crippen LogP contribution in [0.4, 0.5) is 8.78 Å². The number of methoxy groups -OCH3 is 1. The molecule has 13 heteroatoms. The molecule has 2 heterocycles. The number of aromatic nitrogens is 6. The number of benzene rings is 3. The van der Waals surface area contributed by atoms with E-state index in [1.165, 1.54) is 23.9 Å². The second kappa shape index (κ2) is 10.8. The first kappa shape index (κ1) is 24.5. The van der Waals surface area contributed by atoms with Crippen LogP contribution < -0.4 is 9.47 Å². The molecule has 0 saturated carbocycles. The number of rotatable bonds is 9. The van der Waals surface area contributed by atoms with Crippen LogP contribution in [0.25, 0.3) is 11.5 Å². The van der Waals surface area contributed by atoms with E-state index in [0.717, 1.165) is 17.7 Å². The molecule has 0 aliphatic carbocycles. The molecule has 5 aromatic rings. The lowest BCUT2D eigenvalue weighted by Crippen LogP contribution is -2.12. The predicted molar refractivity (Wildman–Crippen MR) is 128 cm³/mol. The summed E-state index contributed by atoms with van der Waals surface area (Å²) in [6.07, 6.45) is 0. The summed E-state index contributed by atoms with van der Waals surface area (Å²) >= 11 is 0. The summed E-state index contributed by atoms with van der Waals surface area (Å²) in [5, 5.41) is 23.8. The Morgan fingerprint density at radius 1 is 0.974 bits per heavy atom. The first-order valence-corrected chi connectivity index (χ1v) is 11.1. The maximum absolute atomic E-state index is 14.0. The van der Waals surface area contributed by atoms with Gasteiger partial charge >= 0.3 is 0 Å². The third-order valence-electron chi connectivity index (χ3n) is 5.22. The van der Waals surface area contributed by atoms with Gasteiger partial charge in [-0.15, -0.1) is 15.3 Å². The van der Waals surface area contributed by atoms with E-state index >= 15 is 0 Å². The van der Waals surface area contributed by atoms with Crippen LogP contribution in [-0.4, -0.2) is 43.2 Å². The Bertz CT molecular complexity index is 1590. The number of aryl methyl sites for hydroxylation is 1. The molecular formula is C25H19F2N7O4. The lowest BCUT2D eigenvalue weighted by atomic mass is 10.1. The largest absolute Gasteiger partial charge is 0.496 e. The van der Waals surface area contributed by atoms with Crippen molar-refractivity contribution in [3.05, 3.63) is 95.6 Å². The molecule has 0 bridgehead atoms. The Morgan fingerprint density at radius 2 is 1.82 bits per heavy atom. The van der Waals surface area contributed by atoms with Gasteiger partial charge in [0.25, 0.3) is 11.8 Å². The predicted octanol–water partition coefficient (Wildman–Crippen LogP) is 4.31. The molecule has 0 saturated heterocycles. The molecule has 0 unspecified atom stereocenters. The van der Waals surface area contributed by atoms with E-state index in [1.54, 1.807) is 19.2 Å². The second-order valence-electron chi connectivity index (χ2n) is 7.75. The zero-order chi connectivity index (χ0) is 26.5. The Kier molecular flexibility index (Phi) is 6.97. The molecule has 0 spiro atoms. The molecule has 0 aliphatic rings. The zero-order valence-electron chi connectivity index (χ0n) is 20.1. The van der Waals surface area contributed by atoms with Crippen LogP contribution in [0.1, 0.15) is 17.3 Å². The first-order valence-electron chi connectivity index (χ1n) is 11.1. The number of hydrogen-bond acceptors (Lipinski definition) is 10. The zero-order valence-corrected chi connectivity index (χ0v) is 20.1. The van der Waals surface area contributed by atoms with Gasteiger partial charge in [0.1, 0.15) is 17.3 Å². The molecule has 0 radical (unpaired) electrons. The molecule has 0 N–H and O–H groups in total. The summed E-state index contributed by atoms with van der Waals surface area (Å²) in [7, 11) is 3.14. The average Bonchev–Trinajstić information content (AvgIpc) is 3.57. The molecule has 11 nitrogen and oxygen atoms in total. The van der Waals surface area contributed by atoms with Gasteiger partial charge in [0.2, 0.25) is 5.82 Å². The number of nitrogens with zero attached hydrogens (tertiary/aromatic N) is 7. The fourth-order valence-corrected chi connectivity index (χ4v) is 3.42. The topological polar surface area (TPSA) is 123 Å². The van der Waals surface area contributed by atoms with Gasteiger partial charge in [-0.05, 0) is 34.7 Å². The Balaban J connectivity index is 1.32. The van der Waals surface area contributed by atoms with E-state index < -0.39 is 11.6 Å². The Hall–Kier alpha value is -5.20. The lowest BCUT2D eigenvalue weighted by Gasteiger charge is -2.10. The van der Waals surface area contributed by atoms with E-state index in [9.17, 15) is 8.78 Å². The summed E-state index contributed by atoms with van der Waals surface area (Å²) in [6.45, 7) is -0.123. The number of halogens is 2. The van der Waals surface area contributed by atoms with E-state index in [-0.39, 0.29) is 29.9 Å². The normalized spacial score (nSPS) is 11.4. The van der Waals surface area contributed by atoms with Crippen LogP contribution in [-0.2, 0) is 18.5 Å². The Labute approximate surface area is 214 Å². The van der Waals surface area contributed by atoms with Gasteiger partial charge in [-0.3, -0.25) is 0 Å². The van der Waals surface area contributed by atoms with E-state index in [1.807, 2.05) is 30.3 Å². The monoisotopic (exact) mass is 519 g/mol. The Morgan fingerprint density at radius 3 is 2.55 bits per heavy atom. The highest BCUT2D eigenvalue weighted by Gasteiger charge is 2.18. The minimum Gasteiger partial charge on any atom is -0.496 e. The van der Waals surface area contributed by atoms with E-state index in [2.05, 4.69) is 30.9 Å². The highest BCUT2D eigenvalue weighted by molar-refractivity contribution is 6.10. The van der Waals surface area contributed by atoms with Gasteiger partial charge in [-0.1, -0.05) is 35.5 Å². The number of hydrogen-bond donors (Lipinski definition) is 0. The minimum atomic E-state index is -0.830. The summed E-state index contributed by atoms with van der Waals surface area (Å²) in [4.78, 5) is 5.50. The molecular weight excluding hydrogens is 500 g/mol. The number of ether oxygens (including phenoxy) is 2. The van der Waals surface area contributed by atoms with Crippen molar-refractivity contribution >= 4 is 5.71 Å². The molecule has 0 atom stereocenters. The van der Waals surface area contributed by atoms with Crippen LogP contribution in [0.5, 0.6) is 17.2 Å². The van der Waals surface area contributed by atoms with Crippen LogP contribution in [0.3, 0.4) is 0 Å². The fraction of sp³-hybridized carbons (Fsp3) is 0.120. The van der Waals surface area contributed by atoms with Crippen molar-refractivity contribution in [2.24, 2.45) is 12.2 Å². The van der Waals surface area contributed by atoms with Crippen molar-refractivity contribution in [1.82, 2.24) is 30.4 Å². The average molecular weight is 519 g/mol. The maximum atomic E-state index is 14.0. The minimum absolute atomic E-state index is 0.123. The highest BCUT2D eigenvalue weighted by Crippen LogP contribution is 2.35. The van der Waals surface area contributed by atoms with Crippen LogP contribution >= 0.6 is 0 Å². The molecule has 5 rings (SSSR count). The molecule has 0 aliphatic heterocycles. The van der Waals surface area contributed by atoms with Crippen molar-refractivity contribution in [3.8, 4) is 28.7 Å². The summed E-state index contributed by atoms with van der Waals surface area (Å²) < 4.78 is 45.2. The smallest absolute Gasteiger partial charge is 0.257 e. The van der Waals surface area contributed by atoms with Crippen LogP contribution in [0, 0.1) is 11.6 Å². The molecule has 2 aromatic heterocycles. The van der Waals surface area contributed by atoms with Crippen LogP contribution in [0.2, 0.25) is 0 Å². The SMILES string of the molecule is COc1cc(Oc2ccc(F)cc2F)ccc1-c1nnc(CO/N=C(/c2ccccc2)c2nnnn2C)o1. The van der Waals surface area contributed by atoms with Gasteiger partial charge in [-0.25, -0.2) is 13.5 Å². The quantitative estimate of drug-likeness (QED) is 0.207. The number of oxime groups is 1. The standard InChI is InChI=1S/C25H19F2N7O4/c1-34-24(29-32-33-34)23(15-6-4-3-5-7-15)31-36-14-22-28-30-25(38-22)18-10-9-17(13-21(18)35-2)37-20-11-8-16(26)12-19(20)27/h3-13H,14H2,1-2H3/b31-23-. The van der Waals surface area contributed by atoms with Crippen LogP contribution in [0.15, 0.2) is 76.3 Å². The lowest BCUT2D eigenvalue weighted by molar-refractivity contribution is 0.111. The molecule has 0 amide bonds. The number of tetrazole rings is 1. The highest BCUT2D eigenvalue weighted by atomic mass is 19.1. The molecule has 0 fully saturated rings. The first-order chi connectivity index (χ1) is 18.5. The van der Waals surface area contributed by atoms with Gasteiger partial charge in [-0.2, -0.15) is 0 Å². The van der Waals surface area contributed by atoms with Gasteiger partial charge in [0.05, 0.1) is 12.7 Å². The van der Waals surface area contributed by atoms with Crippen molar-refractivity contribution < 1.29 is 27.5 Å². The summed E-state index contributed by atoms with van der Waals surface area (Å²) in [5.74, 6) is -0.344. The van der Waals surface area contributed by atoms with Crippen molar-refractivity contribution in [3.63, 3.8) is 0 Å². The molecule has 38 heavy (non-hydrogen) atoms. The van der Waals surface area contributed by atoms with E-state index in [4.69, 9.17) is 18.7 Å². The molecule has 192 valence electrons. The fourth-order valence-electron chi connectivity index (χ4n) is 3.42. The second-order valence-corrected chi connectivity index (χ2v) is 7.75. The van der Waals surface area contributed by atoms with Crippen molar-refractivity contribution in [1.29, 1.82) is 0 Å². The van der Waals surface area contributed by atoms with Gasteiger partial charge in [0, 0.05) is 24.7 Å². The van der Waals surface area contributed by atoms with Crippen molar-refractivity contribution in [2.45, 2.75) is 6.61 Å².